The van der Waals surface area contributed by atoms with Gasteiger partial charge in [-0.3, -0.25) is 4.79 Å². The van der Waals surface area contributed by atoms with Crippen LogP contribution in [0.4, 0.5) is 0 Å². The highest BCUT2D eigenvalue weighted by molar-refractivity contribution is 5.92. The maximum absolute atomic E-state index is 12.2. The van der Waals surface area contributed by atoms with Crippen LogP contribution in [0, 0.1) is 0 Å². The Labute approximate surface area is 124 Å². The monoisotopic (exact) mass is 293 g/mol. The molecule has 0 spiro atoms. The highest BCUT2D eigenvalue weighted by Gasteiger charge is 2.25. The molecule has 0 saturated carbocycles. The van der Waals surface area contributed by atoms with Crippen molar-refractivity contribution in [2.24, 2.45) is 0 Å². The average molecular weight is 293 g/mol. The van der Waals surface area contributed by atoms with E-state index in [1.54, 1.807) is 6.20 Å². The van der Waals surface area contributed by atoms with Gasteiger partial charge in [-0.25, -0.2) is 4.68 Å². The second kappa shape index (κ2) is 6.53. The fourth-order valence-corrected chi connectivity index (χ4v) is 3.00. The van der Waals surface area contributed by atoms with Gasteiger partial charge in [0.25, 0.3) is 5.91 Å². The second-order valence-corrected chi connectivity index (χ2v) is 5.88. The van der Waals surface area contributed by atoms with Crippen LogP contribution < -0.4 is 10.6 Å². The molecule has 3 rings (SSSR count). The second-order valence-electron chi connectivity index (χ2n) is 5.88. The number of ether oxygens (including phenoxy) is 1. The van der Waals surface area contributed by atoms with Gasteiger partial charge in [-0.2, -0.15) is 0 Å². The first-order valence-corrected chi connectivity index (χ1v) is 7.79. The molecule has 3 heterocycles. The van der Waals surface area contributed by atoms with E-state index in [4.69, 9.17) is 4.74 Å². The molecule has 2 fully saturated rings. The maximum Gasteiger partial charge on any atom is 0.273 e. The molecule has 2 saturated heterocycles. The number of amides is 1. The molecule has 2 N–H and O–H groups in total. The SMILES string of the molecule is C[C@H](NC(=O)c1cn(C2CCNCC2)nn1)[C@H]1CCCO1. The van der Waals surface area contributed by atoms with Crippen LogP contribution in [0.2, 0.25) is 0 Å². The molecule has 7 heteroatoms. The van der Waals surface area contributed by atoms with Crippen LogP contribution in [0.15, 0.2) is 6.20 Å². The molecule has 0 unspecified atom stereocenters. The molecular weight excluding hydrogens is 270 g/mol. The Hall–Kier alpha value is -1.47. The van der Waals surface area contributed by atoms with Crippen LogP contribution in [-0.2, 0) is 4.74 Å². The van der Waals surface area contributed by atoms with Gasteiger partial charge in [0.2, 0.25) is 0 Å². The fraction of sp³-hybridized carbons (Fsp3) is 0.786. The van der Waals surface area contributed by atoms with E-state index >= 15 is 0 Å². The summed E-state index contributed by atoms with van der Waals surface area (Å²) in [4.78, 5) is 12.2. The summed E-state index contributed by atoms with van der Waals surface area (Å²) < 4.78 is 7.41. The van der Waals surface area contributed by atoms with E-state index < -0.39 is 0 Å². The van der Waals surface area contributed by atoms with E-state index in [1.165, 1.54) is 0 Å². The molecule has 2 aliphatic heterocycles. The highest BCUT2D eigenvalue weighted by atomic mass is 16.5. The number of carbonyl (C=O) groups excluding carboxylic acids is 1. The third-order valence-corrected chi connectivity index (χ3v) is 4.31. The molecule has 1 aromatic rings. The Kier molecular flexibility index (Phi) is 4.50. The summed E-state index contributed by atoms with van der Waals surface area (Å²) in [6.45, 7) is 4.74. The van der Waals surface area contributed by atoms with Crippen molar-refractivity contribution in [3.05, 3.63) is 11.9 Å². The zero-order chi connectivity index (χ0) is 14.7. The molecule has 1 aromatic heterocycles. The number of aromatic nitrogens is 3. The Morgan fingerprint density at radius 1 is 1.48 bits per heavy atom. The van der Waals surface area contributed by atoms with Crippen LogP contribution in [0.5, 0.6) is 0 Å². The summed E-state index contributed by atoms with van der Waals surface area (Å²) >= 11 is 0. The molecule has 7 nitrogen and oxygen atoms in total. The normalized spacial score (nSPS) is 24.9. The third kappa shape index (κ3) is 3.41. The zero-order valence-electron chi connectivity index (χ0n) is 12.4. The Morgan fingerprint density at radius 3 is 3.00 bits per heavy atom. The number of nitrogens with zero attached hydrogens (tertiary/aromatic N) is 3. The van der Waals surface area contributed by atoms with Crippen molar-refractivity contribution in [1.82, 2.24) is 25.6 Å². The summed E-state index contributed by atoms with van der Waals surface area (Å²) in [7, 11) is 0. The standard InChI is InChI=1S/C14H23N5O2/c1-10(13-3-2-8-21-13)16-14(20)12-9-19(18-17-12)11-4-6-15-7-5-11/h9-11,13,15H,2-8H2,1H3,(H,16,20)/t10-,13+/m0/s1. The molecule has 2 aliphatic rings. The van der Waals surface area contributed by atoms with E-state index in [0.717, 1.165) is 45.4 Å². The number of hydrogen-bond donors (Lipinski definition) is 2. The van der Waals surface area contributed by atoms with Gasteiger partial charge in [0.05, 0.1) is 24.4 Å². The van der Waals surface area contributed by atoms with E-state index in [2.05, 4.69) is 20.9 Å². The maximum atomic E-state index is 12.2. The lowest BCUT2D eigenvalue weighted by molar-refractivity contribution is 0.0709. The largest absolute Gasteiger partial charge is 0.376 e. The lowest BCUT2D eigenvalue weighted by Gasteiger charge is -2.22. The smallest absolute Gasteiger partial charge is 0.273 e. The van der Waals surface area contributed by atoms with Gasteiger partial charge in [-0.15, -0.1) is 5.10 Å². The van der Waals surface area contributed by atoms with E-state index in [9.17, 15) is 4.79 Å². The lowest BCUT2D eigenvalue weighted by atomic mass is 10.1. The van der Waals surface area contributed by atoms with Crippen LogP contribution in [0.3, 0.4) is 0 Å². The first-order chi connectivity index (χ1) is 10.2. The minimum absolute atomic E-state index is 0.00373. The fourth-order valence-electron chi connectivity index (χ4n) is 3.00. The Bertz CT molecular complexity index is 477. The first-order valence-electron chi connectivity index (χ1n) is 7.79. The molecule has 0 bridgehead atoms. The number of piperidine rings is 1. The number of hydrogen-bond acceptors (Lipinski definition) is 5. The molecule has 0 radical (unpaired) electrons. The Balaban J connectivity index is 1.58. The van der Waals surface area contributed by atoms with Gasteiger partial charge in [0.15, 0.2) is 5.69 Å². The summed E-state index contributed by atoms with van der Waals surface area (Å²) in [6, 6.07) is 0.347. The van der Waals surface area contributed by atoms with Gasteiger partial charge in [-0.05, 0) is 45.7 Å². The minimum Gasteiger partial charge on any atom is -0.376 e. The highest BCUT2D eigenvalue weighted by Crippen LogP contribution is 2.18. The van der Waals surface area contributed by atoms with Gasteiger partial charge >= 0.3 is 0 Å². The van der Waals surface area contributed by atoms with E-state index in [-0.39, 0.29) is 18.1 Å². The molecular formula is C14H23N5O2. The molecule has 0 aromatic carbocycles. The minimum atomic E-state index is -0.168. The molecule has 2 atom stereocenters. The molecule has 0 aliphatic carbocycles. The first kappa shape index (κ1) is 14.5. The number of carbonyl (C=O) groups is 1. The zero-order valence-corrected chi connectivity index (χ0v) is 12.4. The quantitative estimate of drug-likeness (QED) is 0.845. The average Bonchev–Trinajstić information content (AvgIpc) is 3.20. The van der Waals surface area contributed by atoms with Gasteiger partial charge < -0.3 is 15.4 Å². The van der Waals surface area contributed by atoms with Crippen molar-refractivity contribution in [3.8, 4) is 0 Å². The van der Waals surface area contributed by atoms with Crippen LogP contribution >= 0.6 is 0 Å². The summed E-state index contributed by atoms with van der Waals surface area (Å²) in [5, 5.41) is 14.4. The predicted octanol–water partition coefficient (Wildman–Crippen LogP) is 0.500. The van der Waals surface area contributed by atoms with Gasteiger partial charge in [0, 0.05) is 6.61 Å². The van der Waals surface area contributed by atoms with Crippen molar-refractivity contribution >= 4 is 5.91 Å². The summed E-state index contributed by atoms with van der Waals surface area (Å²) in [6.07, 6.45) is 5.99. The summed E-state index contributed by atoms with van der Waals surface area (Å²) in [5.41, 5.74) is 0.387. The van der Waals surface area contributed by atoms with Crippen LogP contribution in [-0.4, -0.2) is 52.7 Å². The van der Waals surface area contributed by atoms with Gasteiger partial charge in [0.1, 0.15) is 0 Å². The topological polar surface area (TPSA) is 81.1 Å². The third-order valence-electron chi connectivity index (χ3n) is 4.31. The number of nitrogens with one attached hydrogen (secondary N) is 2. The van der Waals surface area contributed by atoms with E-state index in [1.807, 2.05) is 11.6 Å². The lowest BCUT2D eigenvalue weighted by Crippen LogP contribution is -2.41. The van der Waals surface area contributed by atoms with Crippen LogP contribution in [0.25, 0.3) is 0 Å². The van der Waals surface area contributed by atoms with Crippen molar-refractivity contribution in [3.63, 3.8) is 0 Å². The van der Waals surface area contributed by atoms with Crippen molar-refractivity contribution in [2.45, 2.75) is 50.8 Å². The summed E-state index contributed by atoms with van der Waals surface area (Å²) in [5.74, 6) is -0.168. The Morgan fingerprint density at radius 2 is 2.29 bits per heavy atom. The molecule has 1 amide bonds. The van der Waals surface area contributed by atoms with Crippen molar-refractivity contribution < 1.29 is 9.53 Å². The van der Waals surface area contributed by atoms with Crippen molar-refractivity contribution in [2.75, 3.05) is 19.7 Å². The van der Waals surface area contributed by atoms with Crippen LogP contribution in [0.1, 0.15) is 49.1 Å². The molecule has 21 heavy (non-hydrogen) atoms. The molecule has 116 valence electrons. The van der Waals surface area contributed by atoms with Crippen molar-refractivity contribution in [1.29, 1.82) is 0 Å². The van der Waals surface area contributed by atoms with Gasteiger partial charge in [-0.1, -0.05) is 5.21 Å². The predicted molar refractivity (Wildman–Crippen MR) is 77.1 cm³/mol. The number of rotatable bonds is 4. The van der Waals surface area contributed by atoms with E-state index in [0.29, 0.717) is 11.7 Å².